The molecule has 0 spiro atoms. The van der Waals surface area contributed by atoms with Gasteiger partial charge in [-0.15, -0.1) is 5.10 Å². The number of hydrogen-bond donors (Lipinski definition) is 2. The number of rotatable bonds is 4. The van der Waals surface area contributed by atoms with E-state index in [1.165, 1.54) is 4.68 Å². The molecule has 3 heterocycles. The monoisotopic (exact) mass is 363 g/mol. The van der Waals surface area contributed by atoms with Crippen molar-refractivity contribution in [3.8, 4) is 17.3 Å². The van der Waals surface area contributed by atoms with Gasteiger partial charge in [-0.3, -0.25) is 4.79 Å². The topological polar surface area (TPSA) is 119 Å². The lowest BCUT2D eigenvalue weighted by Crippen LogP contribution is -2.17. The minimum Gasteiger partial charge on any atom is -0.323 e. The zero-order valence-corrected chi connectivity index (χ0v) is 15.0. The highest BCUT2D eigenvalue weighted by Gasteiger charge is 2.20. The van der Waals surface area contributed by atoms with Gasteiger partial charge in [0.05, 0.1) is 23.3 Å². The first-order valence-electron chi connectivity index (χ1n) is 8.24. The first kappa shape index (κ1) is 16.6. The van der Waals surface area contributed by atoms with Crippen LogP contribution in [-0.2, 0) is 7.05 Å². The molecule has 0 unspecified atom stereocenters. The molecule has 27 heavy (non-hydrogen) atoms. The third-order valence-corrected chi connectivity index (χ3v) is 4.31. The standard InChI is InChI=1S/C17H17N9O/c1-10-14(11(2)26(22-10)17-20-23-24-21-17)19-16(27)13-9-18-15(25(13)3)12-7-5-4-6-8-12/h4-9H,1-3H3,(H,19,27)(H,20,21,23,24). The Balaban J connectivity index is 1.63. The van der Waals surface area contributed by atoms with Crippen molar-refractivity contribution in [3.63, 3.8) is 0 Å². The van der Waals surface area contributed by atoms with Gasteiger partial charge in [0.25, 0.3) is 11.9 Å². The molecule has 0 aliphatic heterocycles. The summed E-state index contributed by atoms with van der Waals surface area (Å²) in [5, 5.41) is 21.0. The van der Waals surface area contributed by atoms with E-state index in [-0.39, 0.29) is 5.91 Å². The van der Waals surface area contributed by atoms with E-state index in [9.17, 15) is 4.79 Å². The van der Waals surface area contributed by atoms with Crippen LogP contribution in [0.25, 0.3) is 17.3 Å². The number of carbonyl (C=O) groups is 1. The Labute approximate surface area is 154 Å². The maximum Gasteiger partial charge on any atom is 0.290 e. The van der Waals surface area contributed by atoms with Crippen LogP contribution in [0.15, 0.2) is 36.5 Å². The fourth-order valence-electron chi connectivity index (χ4n) is 2.92. The Hall–Kier alpha value is -3.82. The van der Waals surface area contributed by atoms with E-state index >= 15 is 0 Å². The number of anilines is 1. The van der Waals surface area contributed by atoms with Crippen LogP contribution >= 0.6 is 0 Å². The lowest BCUT2D eigenvalue weighted by atomic mass is 10.2. The zero-order valence-electron chi connectivity index (χ0n) is 15.0. The summed E-state index contributed by atoms with van der Waals surface area (Å²) >= 11 is 0. The molecule has 0 saturated heterocycles. The molecular weight excluding hydrogens is 346 g/mol. The van der Waals surface area contributed by atoms with E-state index in [1.807, 2.05) is 44.3 Å². The second-order valence-corrected chi connectivity index (χ2v) is 6.02. The van der Waals surface area contributed by atoms with Crippen molar-refractivity contribution in [1.29, 1.82) is 0 Å². The summed E-state index contributed by atoms with van der Waals surface area (Å²) in [5.74, 6) is 0.755. The van der Waals surface area contributed by atoms with Gasteiger partial charge in [0.15, 0.2) is 0 Å². The van der Waals surface area contributed by atoms with Gasteiger partial charge in [0.2, 0.25) is 0 Å². The summed E-state index contributed by atoms with van der Waals surface area (Å²) in [4.78, 5) is 17.2. The van der Waals surface area contributed by atoms with Gasteiger partial charge < -0.3 is 9.88 Å². The van der Waals surface area contributed by atoms with E-state index in [4.69, 9.17) is 0 Å². The fraction of sp³-hybridized carbons (Fsp3) is 0.176. The molecule has 0 radical (unpaired) electrons. The highest BCUT2D eigenvalue weighted by Crippen LogP contribution is 2.23. The third kappa shape index (κ3) is 2.86. The Morgan fingerprint density at radius 3 is 2.67 bits per heavy atom. The summed E-state index contributed by atoms with van der Waals surface area (Å²) < 4.78 is 3.28. The smallest absolute Gasteiger partial charge is 0.290 e. The van der Waals surface area contributed by atoms with Crippen LogP contribution in [0.1, 0.15) is 21.9 Å². The van der Waals surface area contributed by atoms with Gasteiger partial charge in [-0.2, -0.15) is 15.0 Å². The number of amides is 1. The van der Waals surface area contributed by atoms with Crippen molar-refractivity contribution in [2.45, 2.75) is 13.8 Å². The predicted molar refractivity (Wildman–Crippen MR) is 97.4 cm³/mol. The Bertz CT molecular complexity index is 1090. The zero-order chi connectivity index (χ0) is 19.0. The molecular formula is C17H17N9O. The molecule has 0 fully saturated rings. The molecule has 0 saturated carbocycles. The van der Waals surface area contributed by atoms with E-state index in [0.717, 1.165) is 11.4 Å². The summed E-state index contributed by atoms with van der Waals surface area (Å²) in [6, 6.07) is 9.71. The van der Waals surface area contributed by atoms with Crippen LogP contribution in [-0.4, -0.2) is 45.9 Å². The van der Waals surface area contributed by atoms with Crippen molar-refractivity contribution >= 4 is 11.6 Å². The molecule has 136 valence electrons. The maximum absolute atomic E-state index is 12.8. The van der Waals surface area contributed by atoms with Gasteiger partial charge in [-0.25, -0.2) is 4.98 Å². The minimum absolute atomic E-state index is 0.272. The quantitative estimate of drug-likeness (QED) is 0.569. The average Bonchev–Trinajstić information content (AvgIpc) is 3.38. The summed E-state index contributed by atoms with van der Waals surface area (Å²) in [7, 11) is 1.81. The van der Waals surface area contributed by atoms with Crippen molar-refractivity contribution < 1.29 is 4.79 Å². The number of H-pyrrole nitrogens is 1. The second kappa shape index (κ2) is 6.48. The van der Waals surface area contributed by atoms with Crippen LogP contribution in [0.5, 0.6) is 0 Å². The number of aromatic nitrogens is 8. The van der Waals surface area contributed by atoms with Crippen molar-refractivity contribution in [2.75, 3.05) is 5.32 Å². The van der Waals surface area contributed by atoms with Gasteiger partial charge in [-0.1, -0.05) is 35.4 Å². The molecule has 0 bridgehead atoms. The SMILES string of the molecule is Cc1nn(-c2nn[nH]n2)c(C)c1NC(=O)c1cnc(-c2ccccc2)n1C. The highest BCUT2D eigenvalue weighted by atomic mass is 16.2. The Morgan fingerprint density at radius 2 is 1.96 bits per heavy atom. The number of nitrogens with one attached hydrogen (secondary N) is 2. The van der Waals surface area contributed by atoms with E-state index in [0.29, 0.717) is 28.7 Å². The number of hydrogen-bond acceptors (Lipinski definition) is 6. The van der Waals surface area contributed by atoms with E-state index in [1.54, 1.807) is 17.7 Å². The fourth-order valence-corrected chi connectivity index (χ4v) is 2.92. The first-order valence-corrected chi connectivity index (χ1v) is 8.24. The lowest BCUT2D eigenvalue weighted by molar-refractivity contribution is 0.101. The second-order valence-electron chi connectivity index (χ2n) is 6.02. The normalized spacial score (nSPS) is 10.9. The highest BCUT2D eigenvalue weighted by molar-refractivity contribution is 6.04. The molecule has 1 aromatic carbocycles. The number of aryl methyl sites for hydroxylation is 1. The number of imidazole rings is 1. The Kier molecular flexibility index (Phi) is 3.99. The summed E-state index contributed by atoms with van der Waals surface area (Å²) in [6.07, 6.45) is 1.56. The largest absolute Gasteiger partial charge is 0.323 e. The van der Waals surface area contributed by atoms with Crippen LogP contribution in [0.3, 0.4) is 0 Å². The van der Waals surface area contributed by atoms with Gasteiger partial charge >= 0.3 is 0 Å². The molecule has 0 aliphatic rings. The van der Waals surface area contributed by atoms with Crippen molar-refractivity contribution in [3.05, 3.63) is 53.6 Å². The molecule has 3 aromatic heterocycles. The van der Waals surface area contributed by atoms with Crippen LogP contribution in [0, 0.1) is 13.8 Å². The van der Waals surface area contributed by atoms with Gasteiger partial charge in [0.1, 0.15) is 11.5 Å². The minimum atomic E-state index is -0.272. The molecule has 0 atom stereocenters. The molecule has 2 N–H and O–H groups in total. The molecule has 10 heteroatoms. The van der Waals surface area contributed by atoms with Gasteiger partial charge in [-0.05, 0) is 19.1 Å². The summed E-state index contributed by atoms with van der Waals surface area (Å²) in [5.41, 5.74) is 3.34. The first-order chi connectivity index (χ1) is 13.1. The number of carbonyl (C=O) groups excluding carboxylic acids is 1. The van der Waals surface area contributed by atoms with Crippen LogP contribution in [0.2, 0.25) is 0 Å². The van der Waals surface area contributed by atoms with Crippen molar-refractivity contribution in [1.82, 2.24) is 40.0 Å². The molecule has 10 nitrogen and oxygen atoms in total. The van der Waals surface area contributed by atoms with Crippen LogP contribution < -0.4 is 5.32 Å². The van der Waals surface area contributed by atoms with Crippen molar-refractivity contribution in [2.24, 2.45) is 7.05 Å². The number of tetrazole rings is 1. The number of benzene rings is 1. The van der Waals surface area contributed by atoms with E-state index < -0.39 is 0 Å². The molecule has 1 amide bonds. The van der Waals surface area contributed by atoms with Crippen LogP contribution in [0.4, 0.5) is 5.69 Å². The summed E-state index contributed by atoms with van der Waals surface area (Å²) in [6.45, 7) is 3.63. The number of aromatic amines is 1. The number of nitrogens with zero attached hydrogens (tertiary/aromatic N) is 7. The lowest BCUT2D eigenvalue weighted by Gasteiger charge is -2.08. The predicted octanol–water partition coefficient (Wildman–Crippen LogP) is 1.66. The molecule has 0 aliphatic carbocycles. The average molecular weight is 363 g/mol. The Morgan fingerprint density at radius 1 is 1.19 bits per heavy atom. The molecule has 4 aromatic rings. The van der Waals surface area contributed by atoms with Gasteiger partial charge in [0, 0.05) is 12.6 Å². The molecule has 4 rings (SSSR count). The third-order valence-electron chi connectivity index (χ3n) is 4.31. The maximum atomic E-state index is 12.8. The van der Waals surface area contributed by atoms with E-state index in [2.05, 4.69) is 36.0 Å².